The van der Waals surface area contributed by atoms with Gasteiger partial charge in [0.25, 0.3) is 0 Å². The Morgan fingerprint density at radius 3 is 2.83 bits per heavy atom. The molecular formula is C18H27N3O3. The van der Waals surface area contributed by atoms with Crippen molar-refractivity contribution in [2.45, 2.75) is 19.4 Å². The van der Waals surface area contributed by atoms with Crippen molar-refractivity contribution >= 4 is 11.8 Å². The normalized spacial score (nSPS) is 17.4. The van der Waals surface area contributed by atoms with Crippen LogP contribution in [0.1, 0.15) is 18.4 Å². The maximum atomic E-state index is 12.4. The van der Waals surface area contributed by atoms with Gasteiger partial charge < -0.3 is 19.9 Å². The van der Waals surface area contributed by atoms with Crippen LogP contribution in [0.5, 0.6) is 5.75 Å². The highest BCUT2D eigenvalue weighted by Gasteiger charge is 2.33. The maximum absolute atomic E-state index is 12.4. The molecule has 1 aliphatic rings. The zero-order valence-corrected chi connectivity index (χ0v) is 14.7. The third-order valence-electron chi connectivity index (χ3n) is 4.26. The van der Waals surface area contributed by atoms with Gasteiger partial charge in [-0.2, -0.15) is 0 Å². The van der Waals surface area contributed by atoms with E-state index in [1.54, 1.807) is 12.0 Å². The van der Waals surface area contributed by atoms with Gasteiger partial charge >= 0.3 is 0 Å². The minimum atomic E-state index is -0.258. The molecule has 0 spiro atoms. The van der Waals surface area contributed by atoms with Crippen LogP contribution in [0.15, 0.2) is 24.3 Å². The van der Waals surface area contributed by atoms with Gasteiger partial charge in [0, 0.05) is 31.6 Å². The first-order chi connectivity index (χ1) is 11.5. The van der Waals surface area contributed by atoms with Crippen LogP contribution in [-0.2, 0) is 16.1 Å². The number of ether oxygens (including phenoxy) is 1. The summed E-state index contributed by atoms with van der Waals surface area (Å²) in [5.41, 5.74) is 0.931. The van der Waals surface area contributed by atoms with Gasteiger partial charge in [-0.1, -0.05) is 18.2 Å². The molecular weight excluding hydrogens is 306 g/mol. The summed E-state index contributed by atoms with van der Waals surface area (Å²) < 4.78 is 5.28. The highest BCUT2D eigenvalue weighted by Crippen LogP contribution is 2.20. The van der Waals surface area contributed by atoms with Crippen molar-refractivity contribution in [3.05, 3.63) is 29.8 Å². The Bertz CT molecular complexity index is 574. The van der Waals surface area contributed by atoms with E-state index in [0.29, 0.717) is 26.1 Å². The average molecular weight is 333 g/mol. The summed E-state index contributed by atoms with van der Waals surface area (Å²) in [4.78, 5) is 28.3. The Hall–Kier alpha value is -2.08. The van der Waals surface area contributed by atoms with Crippen LogP contribution in [-0.4, -0.2) is 62.5 Å². The highest BCUT2D eigenvalue weighted by molar-refractivity contribution is 5.89. The minimum absolute atomic E-state index is 0.0654. The van der Waals surface area contributed by atoms with E-state index in [0.717, 1.165) is 24.3 Å². The number of hydrogen-bond donors (Lipinski definition) is 1. The van der Waals surface area contributed by atoms with Crippen LogP contribution >= 0.6 is 0 Å². The highest BCUT2D eigenvalue weighted by atomic mass is 16.5. The van der Waals surface area contributed by atoms with Crippen molar-refractivity contribution in [3.8, 4) is 5.75 Å². The minimum Gasteiger partial charge on any atom is -0.496 e. The van der Waals surface area contributed by atoms with Gasteiger partial charge in [0.1, 0.15) is 5.75 Å². The third kappa shape index (κ3) is 4.96. The van der Waals surface area contributed by atoms with Crippen molar-refractivity contribution in [2.75, 3.05) is 40.8 Å². The van der Waals surface area contributed by atoms with E-state index in [9.17, 15) is 9.59 Å². The number of para-hydroxylation sites is 1. The van der Waals surface area contributed by atoms with Crippen LogP contribution in [0.25, 0.3) is 0 Å². The second-order valence-corrected chi connectivity index (χ2v) is 6.43. The number of hydrogen-bond acceptors (Lipinski definition) is 4. The summed E-state index contributed by atoms with van der Waals surface area (Å²) in [7, 11) is 5.64. The number of amides is 2. The number of benzene rings is 1. The Kier molecular flexibility index (Phi) is 6.61. The lowest BCUT2D eigenvalue weighted by Gasteiger charge is -2.18. The molecule has 1 aromatic rings. The van der Waals surface area contributed by atoms with E-state index in [2.05, 4.69) is 10.2 Å². The van der Waals surface area contributed by atoms with E-state index >= 15 is 0 Å². The first-order valence-electron chi connectivity index (χ1n) is 8.33. The first-order valence-corrected chi connectivity index (χ1v) is 8.33. The Morgan fingerprint density at radius 1 is 1.38 bits per heavy atom. The fourth-order valence-corrected chi connectivity index (χ4v) is 2.92. The summed E-state index contributed by atoms with van der Waals surface area (Å²) in [6, 6.07) is 7.60. The predicted octanol–water partition coefficient (Wildman–Crippen LogP) is 1.11. The second kappa shape index (κ2) is 8.68. The van der Waals surface area contributed by atoms with Gasteiger partial charge in [-0.3, -0.25) is 9.59 Å². The predicted molar refractivity (Wildman–Crippen MR) is 92.7 cm³/mol. The topological polar surface area (TPSA) is 61.9 Å². The molecule has 1 saturated heterocycles. The molecule has 6 heteroatoms. The zero-order valence-electron chi connectivity index (χ0n) is 14.7. The fourth-order valence-electron chi connectivity index (χ4n) is 2.92. The molecule has 24 heavy (non-hydrogen) atoms. The largest absolute Gasteiger partial charge is 0.496 e. The summed E-state index contributed by atoms with van der Waals surface area (Å²) in [5, 5.41) is 2.92. The number of carbonyl (C=O) groups is 2. The molecule has 1 N–H and O–H groups in total. The molecule has 1 atom stereocenters. The van der Waals surface area contributed by atoms with E-state index in [-0.39, 0.29) is 17.7 Å². The maximum Gasteiger partial charge on any atom is 0.225 e. The Morgan fingerprint density at radius 2 is 2.12 bits per heavy atom. The lowest BCUT2D eigenvalue weighted by Crippen LogP contribution is -2.33. The SMILES string of the molecule is COc1ccccc1CNC(=O)C1CC(=O)N(CCCN(C)C)C1. The molecule has 1 aromatic carbocycles. The fraction of sp³-hybridized carbons (Fsp3) is 0.556. The molecule has 2 amide bonds. The Balaban J connectivity index is 1.82. The van der Waals surface area contributed by atoms with Gasteiger partial charge in [-0.15, -0.1) is 0 Å². The van der Waals surface area contributed by atoms with Crippen molar-refractivity contribution in [1.82, 2.24) is 15.1 Å². The quantitative estimate of drug-likeness (QED) is 0.774. The molecule has 0 aliphatic carbocycles. The molecule has 0 saturated carbocycles. The van der Waals surface area contributed by atoms with E-state index in [1.807, 2.05) is 38.4 Å². The molecule has 0 aromatic heterocycles. The van der Waals surface area contributed by atoms with Crippen molar-refractivity contribution in [1.29, 1.82) is 0 Å². The van der Waals surface area contributed by atoms with Crippen LogP contribution in [0.3, 0.4) is 0 Å². The van der Waals surface area contributed by atoms with Gasteiger partial charge in [0.05, 0.1) is 13.0 Å². The Labute approximate surface area is 143 Å². The average Bonchev–Trinajstić information content (AvgIpc) is 2.93. The summed E-state index contributed by atoms with van der Waals surface area (Å²) >= 11 is 0. The molecule has 6 nitrogen and oxygen atoms in total. The number of carbonyl (C=O) groups excluding carboxylic acids is 2. The van der Waals surface area contributed by atoms with Gasteiger partial charge in [-0.25, -0.2) is 0 Å². The third-order valence-corrected chi connectivity index (χ3v) is 4.26. The molecule has 1 heterocycles. The summed E-state index contributed by atoms with van der Waals surface area (Å²) in [5.74, 6) is 0.507. The monoisotopic (exact) mass is 333 g/mol. The molecule has 132 valence electrons. The van der Waals surface area contributed by atoms with E-state index in [4.69, 9.17) is 4.74 Å². The van der Waals surface area contributed by atoms with Gasteiger partial charge in [-0.05, 0) is 33.1 Å². The standard InChI is InChI=1S/C18H27N3O3/c1-20(2)9-6-10-21-13-15(11-17(21)22)18(23)19-12-14-7-4-5-8-16(14)24-3/h4-5,7-8,15H,6,9-13H2,1-3H3,(H,19,23). The molecule has 1 unspecified atom stereocenters. The number of nitrogens with one attached hydrogen (secondary N) is 1. The molecule has 1 aliphatic heterocycles. The van der Waals surface area contributed by atoms with Crippen molar-refractivity contribution < 1.29 is 14.3 Å². The summed E-state index contributed by atoms with van der Waals surface area (Å²) in [6.45, 7) is 2.58. The van der Waals surface area contributed by atoms with E-state index in [1.165, 1.54) is 0 Å². The lowest BCUT2D eigenvalue weighted by molar-refractivity contribution is -0.129. The number of methoxy groups -OCH3 is 1. The number of rotatable bonds is 8. The smallest absolute Gasteiger partial charge is 0.225 e. The van der Waals surface area contributed by atoms with Gasteiger partial charge in [0.2, 0.25) is 11.8 Å². The number of nitrogens with zero attached hydrogens (tertiary/aromatic N) is 2. The molecule has 0 bridgehead atoms. The van der Waals surface area contributed by atoms with Crippen molar-refractivity contribution in [2.24, 2.45) is 5.92 Å². The summed E-state index contributed by atoms with van der Waals surface area (Å²) in [6.07, 6.45) is 1.23. The van der Waals surface area contributed by atoms with E-state index < -0.39 is 0 Å². The number of likely N-dealkylation sites (tertiary alicyclic amines) is 1. The lowest BCUT2D eigenvalue weighted by atomic mass is 10.1. The van der Waals surface area contributed by atoms with Crippen molar-refractivity contribution in [3.63, 3.8) is 0 Å². The van der Waals surface area contributed by atoms with Crippen LogP contribution in [0, 0.1) is 5.92 Å². The first kappa shape index (κ1) is 18.3. The molecule has 2 rings (SSSR count). The molecule has 1 fully saturated rings. The zero-order chi connectivity index (χ0) is 17.5. The second-order valence-electron chi connectivity index (χ2n) is 6.43. The van der Waals surface area contributed by atoms with Crippen LogP contribution in [0.4, 0.5) is 0 Å². The van der Waals surface area contributed by atoms with Crippen LogP contribution < -0.4 is 10.1 Å². The van der Waals surface area contributed by atoms with Crippen LogP contribution in [0.2, 0.25) is 0 Å². The van der Waals surface area contributed by atoms with Gasteiger partial charge in [0.15, 0.2) is 0 Å². The molecule has 0 radical (unpaired) electrons.